The maximum atomic E-state index is 12.5. The zero-order chi connectivity index (χ0) is 19.4. The number of anilines is 2. The number of carbonyl (C=O) groups is 2. The molecule has 0 saturated heterocycles. The second-order valence-electron chi connectivity index (χ2n) is 5.64. The van der Waals surface area contributed by atoms with E-state index in [-0.39, 0.29) is 17.2 Å². The second-order valence-corrected chi connectivity index (χ2v) is 6.08. The summed E-state index contributed by atoms with van der Waals surface area (Å²) >= 11 is 5.95. The number of amides is 2. The summed E-state index contributed by atoms with van der Waals surface area (Å²) in [5.74, 6) is -0.741. The third kappa shape index (κ3) is 4.92. The molecule has 2 rings (SSSR count). The number of alkyl halides is 2. The summed E-state index contributed by atoms with van der Waals surface area (Å²) in [5, 5.41) is 5.63. The number of benzene rings is 2. The van der Waals surface area contributed by atoms with Gasteiger partial charge in [0.15, 0.2) is 0 Å². The molecular weight excluding hydrogens is 366 g/mol. The fourth-order valence-electron chi connectivity index (χ4n) is 2.47. The van der Waals surface area contributed by atoms with E-state index in [1.807, 2.05) is 0 Å². The number of rotatable bonds is 5. The Morgan fingerprint density at radius 1 is 1.04 bits per heavy atom. The Balaban J connectivity index is 2.31. The van der Waals surface area contributed by atoms with Gasteiger partial charge in [0.25, 0.3) is 5.91 Å². The average molecular weight is 383 g/mol. The topological polar surface area (TPSA) is 67.4 Å². The van der Waals surface area contributed by atoms with Crippen molar-refractivity contribution in [2.75, 3.05) is 10.6 Å². The molecule has 2 amide bonds. The van der Waals surface area contributed by atoms with Crippen molar-refractivity contribution in [3.05, 3.63) is 52.0 Å². The van der Waals surface area contributed by atoms with Crippen molar-refractivity contribution in [2.24, 2.45) is 0 Å². The summed E-state index contributed by atoms with van der Waals surface area (Å²) in [6.45, 7) is 1.54. The van der Waals surface area contributed by atoms with E-state index in [4.69, 9.17) is 11.6 Å². The summed E-state index contributed by atoms with van der Waals surface area (Å²) in [7, 11) is 0. The molecular formula is C18H17ClF2N2O3. The molecule has 138 valence electrons. The normalized spacial score (nSPS) is 10.6. The monoisotopic (exact) mass is 382 g/mol. The van der Waals surface area contributed by atoms with E-state index in [9.17, 15) is 18.4 Å². The molecule has 0 bridgehead atoms. The predicted octanol–water partition coefficient (Wildman–Crippen LogP) is 4.77. The lowest BCUT2D eigenvalue weighted by Crippen LogP contribution is -2.16. The number of hydrogen-bond acceptors (Lipinski definition) is 3. The number of ether oxygens (including phenoxy) is 1. The van der Waals surface area contributed by atoms with Crippen LogP contribution in [0.1, 0.15) is 28.4 Å². The minimum Gasteiger partial charge on any atom is -0.434 e. The van der Waals surface area contributed by atoms with Crippen molar-refractivity contribution in [2.45, 2.75) is 27.4 Å². The highest BCUT2D eigenvalue weighted by atomic mass is 35.5. The molecule has 0 aliphatic rings. The van der Waals surface area contributed by atoms with Gasteiger partial charge in [0.2, 0.25) is 5.91 Å². The van der Waals surface area contributed by atoms with Crippen LogP contribution in [-0.2, 0) is 4.79 Å². The minimum absolute atomic E-state index is 0.0400. The van der Waals surface area contributed by atoms with Gasteiger partial charge in [-0.2, -0.15) is 8.78 Å². The van der Waals surface area contributed by atoms with Crippen molar-refractivity contribution >= 4 is 34.8 Å². The summed E-state index contributed by atoms with van der Waals surface area (Å²) in [6, 6.07) is 7.53. The van der Waals surface area contributed by atoms with Crippen molar-refractivity contribution in [1.82, 2.24) is 0 Å². The molecule has 0 fully saturated rings. The van der Waals surface area contributed by atoms with E-state index in [2.05, 4.69) is 15.4 Å². The van der Waals surface area contributed by atoms with Gasteiger partial charge < -0.3 is 15.4 Å². The molecule has 0 aliphatic carbocycles. The van der Waals surface area contributed by atoms with Crippen LogP contribution >= 0.6 is 11.6 Å². The SMILES string of the molecule is CC(=O)Nc1ccc(Cl)cc1NC(=O)c1cc(C)c(OC(F)F)c(C)c1. The Labute approximate surface area is 154 Å². The first-order valence-corrected chi connectivity index (χ1v) is 7.99. The Bertz CT molecular complexity index is 833. The fraction of sp³-hybridized carbons (Fsp3) is 0.222. The van der Waals surface area contributed by atoms with Gasteiger partial charge in [-0.15, -0.1) is 0 Å². The zero-order valence-electron chi connectivity index (χ0n) is 14.3. The first-order valence-electron chi connectivity index (χ1n) is 7.62. The number of hydrogen-bond donors (Lipinski definition) is 2. The molecule has 0 atom stereocenters. The maximum Gasteiger partial charge on any atom is 0.387 e. The molecule has 5 nitrogen and oxygen atoms in total. The molecule has 2 N–H and O–H groups in total. The van der Waals surface area contributed by atoms with Crippen LogP contribution in [0.25, 0.3) is 0 Å². The molecule has 0 heterocycles. The fourth-order valence-corrected chi connectivity index (χ4v) is 2.64. The van der Waals surface area contributed by atoms with Gasteiger partial charge in [0.1, 0.15) is 5.75 Å². The van der Waals surface area contributed by atoms with Crippen molar-refractivity contribution < 1.29 is 23.1 Å². The van der Waals surface area contributed by atoms with Crippen LogP contribution < -0.4 is 15.4 Å². The highest BCUT2D eigenvalue weighted by Gasteiger charge is 2.16. The lowest BCUT2D eigenvalue weighted by atomic mass is 10.0. The number of aryl methyl sites for hydroxylation is 2. The van der Waals surface area contributed by atoms with Crippen LogP contribution in [0.5, 0.6) is 5.75 Å². The van der Waals surface area contributed by atoms with E-state index < -0.39 is 12.5 Å². The largest absolute Gasteiger partial charge is 0.434 e. The van der Waals surface area contributed by atoms with Crippen LogP contribution in [0.3, 0.4) is 0 Å². The summed E-state index contributed by atoms with van der Waals surface area (Å²) in [5.41, 5.74) is 1.78. The standard InChI is InChI=1S/C18H17ClF2N2O3/c1-9-6-12(7-10(2)16(9)26-18(20)21)17(25)23-15-8-13(19)4-5-14(15)22-11(3)24/h4-8,18H,1-3H3,(H,22,24)(H,23,25). The third-order valence-corrected chi connectivity index (χ3v) is 3.71. The second kappa shape index (κ2) is 8.14. The zero-order valence-corrected chi connectivity index (χ0v) is 15.1. The van der Waals surface area contributed by atoms with Gasteiger partial charge in [-0.3, -0.25) is 9.59 Å². The smallest absolute Gasteiger partial charge is 0.387 e. The number of carbonyl (C=O) groups excluding carboxylic acids is 2. The lowest BCUT2D eigenvalue weighted by molar-refractivity contribution is -0.114. The van der Waals surface area contributed by atoms with Gasteiger partial charge in [-0.1, -0.05) is 11.6 Å². The summed E-state index contributed by atoms with van der Waals surface area (Å²) in [4.78, 5) is 23.8. The van der Waals surface area contributed by atoms with Gasteiger partial charge in [0, 0.05) is 17.5 Å². The lowest BCUT2D eigenvalue weighted by Gasteiger charge is -2.15. The van der Waals surface area contributed by atoms with Crippen LogP contribution in [0.4, 0.5) is 20.2 Å². The van der Waals surface area contributed by atoms with Gasteiger partial charge >= 0.3 is 6.61 Å². The predicted molar refractivity (Wildman–Crippen MR) is 96.3 cm³/mol. The van der Waals surface area contributed by atoms with E-state index in [1.165, 1.54) is 25.1 Å². The average Bonchev–Trinajstić information content (AvgIpc) is 2.52. The van der Waals surface area contributed by atoms with Gasteiger partial charge in [0.05, 0.1) is 11.4 Å². The highest BCUT2D eigenvalue weighted by Crippen LogP contribution is 2.29. The Hall–Kier alpha value is -2.67. The molecule has 0 aromatic heterocycles. The third-order valence-electron chi connectivity index (χ3n) is 3.47. The highest BCUT2D eigenvalue weighted by molar-refractivity contribution is 6.31. The van der Waals surface area contributed by atoms with E-state index in [1.54, 1.807) is 26.0 Å². The molecule has 2 aromatic carbocycles. The van der Waals surface area contributed by atoms with Crippen LogP contribution in [0.2, 0.25) is 5.02 Å². The van der Waals surface area contributed by atoms with Crippen LogP contribution in [0, 0.1) is 13.8 Å². The van der Waals surface area contributed by atoms with Crippen molar-refractivity contribution in [1.29, 1.82) is 0 Å². The molecule has 0 unspecified atom stereocenters. The van der Waals surface area contributed by atoms with E-state index in [0.717, 1.165) is 0 Å². The van der Waals surface area contributed by atoms with Crippen molar-refractivity contribution in [3.63, 3.8) is 0 Å². The maximum absolute atomic E-state index is 12.5. The summed E-state index contributed by atoms with van der Waals surface area (Å²) in [6.07, 6.45) is 0. The first-order chi connectivity index (χ1) is 12.2. The van der Waals surface area contributed by atoms with Crippen molar-refractivity contribution in [3.8, 4) is 5.75 Å². The van der Waals surface area contributed by atoms with Crippen LogP contribution in [0.15, 0.2) is 30.3 Å². The molecule has 8 heteroatoms. The Morgan fingerprint density at radius 2 is 1.65 bits per heavy atom. The molecule has 2 aromatic rings. The Kier molecular flexibility index (Phi) is 6.15. The molecule has 0 radical (unpaired) electrons. The Morgan fingerprint density at radius 3 is 2.19 bits per heavy atom. The van der Waals surface area contributed by atoms with Gasteiger partial charge in [-0.25, -0.2) is 0 Å². The number of nitrogens with one attached hydrogen (secondary N) is 2. The number of halogens is 3. The molecule has 26 heavy (non-hydrogen) atoms. The van der Waals surface area contributed by atoms with E-state index >= 15 is 0 Å². The van der Waals surface area contributed by atoms with E-state index in [0.29, 0.717) is 27.5 Å². The first kappa shape index (κ1) is 19.7. The molecule has 0 saturated carbocycles. The van der Waals surface area contributed by atoms with Gasteiger partial charge in [-0.05, 0) is 55.3 Å². The van der Waals surface area contributed by atoms with Crippen LogP contribution in [-0.4, -0.2) is 18.4 Å². The summed E-state index contributed by atoms with van der Waals surface area (Å²) < 4.78 is 29.4. The molecule has 0 aliphatic heterocycles. The quantitative estimate of drug-likeness (QED) is 0.782. The minimum atomic E-state index is -2.95. The molecule has 0 spiro atoms.